The number of aromatic nitrogens is 1. The lowest BCUT2D eigenvalue weighted by atomic mass is 9.92. The Balaban J connectivity index is 2.07. The molecular weight excluding hydrogens is 290 g/mol. The normalized spacial score (nSPS) is 10.9. The Bertz CT molecular complexity index is 999. The van der Waals surface area contributed by atoms with Crippen molar-refractivity contribution in [1.29, 1.82) is 0 Å². The second-order valence-corrected chi connectivity index (χ2v) is 6.21. The maximum absolute atomic E-state index is 4.95. The highest BCUT2D eigenvalue weighted by molar-refractivity contribution is 5.99. The summed E-state index contributed by atoms with van der Waals surface area (Å²) in [6, 6.07) is 27.6. The van der Waals surface area contributed by atoms with Crippen LogP contribution in [0.4, 0.5) is 0 Å². The van der Waals surface area contributed by atoms with E-state index in [0.29, 0.717) is 0 Å². The topological polar surface area (TPSA) is 12.9 Å². The third-order valence-corrected chi connectivity index (χ3v) is 4.52. The first kappa shape index (κ1) is 14.6. The minimum absolute atomic E-state index is 1.04. The summed E-state index contributed by atoms with van der Waals surface area (Å²) in [4.78, 5) is 4.95. The van der Waals surface area contributed by atoms with E-state index in [2.05, 4.69) is 86.6 Å². The summed E-state index contributed by atoms with van der Waals surface area (Å²) in [5.41, 5.74) is 8.28. The molecule has 0 radical (unpaired) electrons. The van der Waals surface area contributed by atoms with E-state index in [-0.39, 0.29) is 0 Å². The van der Waals surface area contributed by atoms with Gasteiger partial charge < -0.3 is 0 Å². The fourth-order valence-electron chi connectivity index (χ4n) is 3.28. The van der Waals surface area contributed by atoms with Crippen LogP contribution in [-0.2, 0) is 0 Å². The molecule has 24 heavy (non-hydrogen) atoms. The van der Waals surface area contributed by atoms with Gasteiger partial charge in [0.1, 0.15) is 0 Å². The predicted octanol–water partition coefficient (Wildman–Crippen LogP) is 6.19. The fourth-order valence-corrected chi connectivity index (χ4v) is 3.28. The van der Waals surface area contributed by atoms with Gasteiger partial charge in [-0.3, -0.25) is 0 Å². The van der Waals surface area contributed by atoms with Crippen molar-refractivity contribution in [2.24, 2.45) is 0 Å². The molecule has 0 saturated heterocycles. The molecule has 0 aliphatic rings. The number of para-hydroxylation sites is 1. The first-order chi connectivity index (χ1) is 11.7. The highest BCUT2D eigenvalue weighted by Crippen LogP contribution is 2.36. The average Bonchev–Trinajstić information content (AvgIpc) is 2.63. The van der Waals surface area contributed by atoms with Crippen molar-refractivity contribution in [1.82, 2.24) is 4.98 Å². The van der Waals surface area contributed by atoms with Crippen LogP contribution in [0.15, 0.2) is 78.9 Å². The van der Waals surface area contributed by atoms with Crippen molar-refractivity contribution in [2.75, 3.05) is 0 Å². The van der Waals surface area contributed by atoms with Crippen molar-refractivity contribution < 1.29 is 0 Å². The van der Waals surface area contributed by atoms with Gasteiger partial charge in [-0.1, -0.05) is 78.4 Å². The van der Waals surface area contributed by atoms with E-state index in [9.17, 15) is 0 Å². The average molecular weight is 309 g/mol. The third kappa shape index (κ3) is 2.48. The summed E-state index contributed by atoms with van der Waals surface area (Å²) in [7, 11) is 0. The highest BCUT2D eigenvalue weighted by atomic mass is 14.7. The smallest absolute Gasteiger partial charge is 0.0745 e. The SMILES string of the molecule is Cc1ccc(-c2c(C)c(-c3ccccc3)nc3ccccc23)cc1. The molecule has 3 aromatic carbocycles. The number of fused-ring (bicyclic) bond motifs is 1. The molecule has 116 valence electrons. The van der Waals surface area contributed by atoms with Gasteiger partial charge in [-0.05, 0) is 36.6 Å². The van der Waals surface area contributed by atoms with Gasteiger partial charge in [0.15, 0.2) is 0 Å². The zero-order chi connectivity index (χ0) is 16.5. The van der Waals surface area contributed by atoms with Crippen LogP contribution in [0.1, 0.15) is 11.1 Å². The molecule has 0 fully saturated rings. The molecule has 4 rings (SSSR count). The van der Waals surface area contributed by atoms with E-state index < -0.39 is 0 Å². The third-order valence-electron chi connectivity index (χ3n) is 4.52. The van der Waals surface area contributed by atoms with Crippen LogP contribution in [0.25, 0.3) is 33.3 Å². The van der Waals surface area contributed by atoms with E-state index in [1.807, 2.05) is 6.07 Å². The lowest BCUT2D eigenvalue weighted by Crippen LogP contribution is -1.95. The molecule has 1 heterocycles. The van der Waals surface area contributed by atoms with Crippen molar-refractivity contribution in [3.05, 3.63) is 90.0 Å². The molecule has 0 aliphatic heterocycles. The molecular formula is C23H19N. The van der Waals surface area contributed by atoms with Gasteiger partial charge >= 0.3 is 0 Å². The number of aryl methyl sites for hydroxylation is 1. The van der Waals surface area contributed by atoms with Crippen LogP contribution >= 0.6 is 0 Å². The van der Waals surface area contributed by atoms with Crippen LogP contribution in [0.2, 0.25) is 0 Å². The van der Waals surface area contributed by atoms with Crippen molar-refractivity contribution in [3.63, 3.8) is 0 Å². The van der Waals surface area contributed by atoms with E-state index in [1.165, 1.54) is 27.6 Å². The van der Waals surface area contributed by atoms with Crippen molar-refractivity contribution >= 4 is 10.9 Å². The molecule has 1 heteroatoms. The molecule has 1 aromatic heterocycles. The monoisotopic (exact) mass is 309 g/mol. The van der Waals surface area contributed by atoms with Crippen molar-refractivity contribution in [3.8, 4) is 22.4 Å². The Morgan fingerprint density at radius 1 is 0.625 bits per heavy atom. The Kier molecular flexibility index (Phi) is 3.62. The van der Waals surface area contributed by atoms with Gasteiger partial charge in [0.05, 0.1) is 11.2 Å². The summed E-state index contributed by atoms with van der Waals surface area (Å²) >= 11 is 0. The molecule has 0 atom stereocenters. The van der Waals surface area contributed by atoms with Crippen LogP contribution in [0.5, 0.6) is 0 Å². The van der Waals surface area contributed by atoms with Gasteiger partial charge in [-0.2, -0.15) is 0 Å². The van der Waals surface area contributed by atoms with Crippen LogP contribution < -0.4 is 0 Å². The minimum atomic E-state index is 1.04. The predicted molar refractivity (Wildman–Crippen MR) is 102 cm³/mol. The number of rotatable bonds is 2. The number of hydrogen-bond acceptors (Lipinski definition) is 1. The Hall–Kier alpha value is -2.93. The number of hydrogen-bond donors (Lipinski definition) is 0. The van der Waals surface area contributed by atoms with Gasteiger partial charge in [0, 0.05) is 10.9 Å². The molecule has 0 unspecified atom stereocenters. The largest absolute Gasteiger partial charge is 0.247 e. The van der Waals surface area contributed by atoms with Gasteiger partial charge in [-0.25, -0.2) is 4.98 Å². The standard InChI is InChI=1S/C23H19N/c1-16-12-14-18(15-13-16)22-17(2)23(19-8-4-3-5-9-19)24-21-11-7-6-10-20(21)22/h3-15H,1-2H3. The molecule has 0 spiro atoms. The number of pyridine rings is 1. The van der Waals surface area contributed by atoms with Gasteiger partial charge in [0.25, 0.3) is 0 Å². The summed E-state index contributed by atoms with van der Waals surface area (Å²) in [6.07, 6.45) is 0. The van der Waals surface area contributed by atoms with Crippen LogP contribution in [-0.4, -0.2) is 4.98 Å². The Morgan fingerprint density at radius 3 is 2.04 bits per heavy atom. The molecule has 0 amide bonds. The summed E-state index contributed by atoms with van der Waals surface area (Å²) in [5.74, 6) is 0. The van der Waals surface area contributed by atoms with Crippen molar-refractivity contribution in [2.45, 2.75) is 13.8 Å². The lowest BCUT2D eigenvalue weighted by Gasteiger charge is -2.15. The summed E-state index contributed by atoms with van der Waals surface area (Å²) < 4.78 is 0. The number of benzene rings is 3. The highest BCUT2D eigenvalue weighted by Gasteiger charge is 2.14. The molecule has 0 N–H and O–H groups in total. The maximum atomic E-state index is 4.95. The molecule has 0 saturated carbocycles. The Labute approximate surface area is 142 Å². The van der Waals surface area contributed by atoms with E-state index in [0.717, 1.165) is 16.8 Å². The first-order valence-electron chi connectivity index (χ1n) is 8.26. The molecule has 1 nitrogen and oxygen atoms in total. The fraction of sp³-hybridized carbons (Fsp3) is 0.0870. The second-order valence-electron chi connectivity index (χ2n) is 6.21. The molecule has 0 aliphatic carbocycles. The maximum Gasteiger partial charge on any atom is 0.0745 e. The zero-order valence-corrected chi connectivity index (χ0v) is 14.0. The summed E-state index contributed by atoms with van der Waals surface area (Å²) in [6.45, 7) is 4.30. The van der Waals surface area contributed by atoms with Gasteiger partial charge in [0.2, 0.25) is 0 Å². The number of nitrogens with zero attached hydrogens (tertiary/aromatic N) is 1. The minimum Gasteiger partial charge on any atom is -0.247 e. The lowest BCUT2D eigenvalue weighted by molar-refractivity contribution is 1.33. The quantitative estimate of drug-likeness (QED) is 0.430. The van der Waals surface area contributed by atoms with E-state index >= 15 is 0 Å². The molecule has 0 bridgehead atoms. The zero-order valence-electron chi connectivity index (χ0n) is 14.0. The molecule has 4 aromatic rings. The Morgan fingerprint density at radius 2 is 1.29 bits per heavy atom. The first-order valence-corrected chi connectivity index (χ1v) is 8.26. The van der Waals surface area contributed by atoms with E-state index in [1.54, 1.807) is 0 Å². The van der Waals surface area contributed by atoms with E-state index in [4.69, 9.17) is 4.98 Å². The van der Waals surface area contributed by atoms with Crippen LogP contribution in [0.3, 0.4) is 0 Å². The second kappa shape index (κ2) is 5.93. The van der Waals surface area contributed by atoms with Crippen LogP contribution in [0, 0.1) is 13.8 Å². The van der Waals surface area contributed by atoms with Gasteiger partial charge in [-0.15, -0.1) is 0 Å². The summed E-state index contributed by atoms with van der Waals surface area (Å²) in [5, 5.41) is 1.21.